The Bertz CT molecular complexity index is 549. The lowest BCUT2D eigenvalue weighted by Crippen LogP contribution is -2.20. The van der Waals surface area contributed by atoms with Crippen LogP contribution in [0.3, 0.4) is 0 Å². The van der Waals surface area contributed by atoms with Gasteiger partial charge in [-0.1, -0.05) is 6.92 Å². The predicted molar refractivity (Wildman–Crippen MR) is 77.6 cm³/mol. The van der Waals surface area contributed by atoms with Gasteiger partial charge in [0.1, 0.15) is 5.69 Å². The Labute approximate surface area is 117 Å². The molecule has 1 aromatic carbocycles. The van der Waals surface area contributed by atoms with Crippen molar-refractivity contribution in [3.8, 4) is 12.3 Å². The summed E-state index contributed by atoms with van der Waals surface area (Å²) >= 11 is 0. The number of hydrogen-bond donors (Lipinski definition) is 2. The van der Waals surface area contributed by atoms with Crippen LogP contribution in [0.25, 0.3) is 0 Å². The molecule has 106 valence electrons. The summed E-state index contributed by atoms with van der Waals surface area (Å²) in [7, 11) is 1.47. The predicted octanol–water partition coefficient (Wildman–Crippen LogP) is 2.17. The minimum Gasteiger partial charge on any atom is -0.376 e. The van der Waals surface area contributed by atoms with Gasteiger partial charge in [-0.15, -0.1) is 12.3 Å². The zero-order chi connectivity index (χ0) is 15.1. The number of nitro benzene ring substituents is 1. The number of hydrogen-bond acceptors (Lipinski definition) is 4. The highest BCUT2D eigenvalue weighted by atomic mass is 16.6. The van der Waals surface area contributed by atoms with E-state index in [0.717, 1.165) is 6.42 Å². The van der Waals surface area contributed by atoms with Gasteiger partial charge in [0, 0.05) is 31.1 Å². The molecule has 6 nitrogen and oxygen atoms in total. The molecule has 1 rings (SSSR count). The molecule has 1 atom stereocenters. The lowest BCUT2D eigenvalue weighted by atomic mass is 10.1. The van der Waals surface area contributed by atoms with Gasteiger partial charge in [-0.25, -0.2) is 0 Å². The Balaban J connectivity index is 3.11. The van der Waals surface area contributed by atoms with Crippen molar-refractivity contribution in [2.24, 2.45) is 0 Å². The van der Waals surface area contributed by atoms with E-state index in [1.807, 2.05) is 6.92 Å². The first-order chi connectivity index (χ1) is 9.53. The van der Waals surface area contributed by atoms with Crippen LogP contribution in [0, 0.1) is 22.5 Å². The van der Waals surface area contributed by atoms with E-state index >= 15 is 0 Å². The van der Waals surface area contributed by atoms with Crippen molar-refractivity contribution in [3.05, 3.63) is 33.9 Å². The molecule has 0 heterocycles. The first-order valence-electron chi connectivity index (χ1n) is 6.24. The molecule has 0 aliphatic heterocycles. The molecule has 0 aromatic heterocycles. The fourth-order valence-electron chi connectivity index (χ4n) is 1.75. The summed E-state index contributed by atoms with van der Waals surface area (Å²) in [6.45, 7) is 1.94. The third-order valence-electron chi connectivity index (χ3n) is 2.90. The summed E-state index contributed by atoms with van der Waals surface area (Å²) in [5.41, 5.74) is 0.473. The van der Waals surface area contributed by atoms with Gasteiger partial charge < -0.3 is 10.6 Å². The van der Waals surface area contributed by atoms with E-state index in [1.54, 1.807) is 0 Å². The fourth-order valence-corrected chi connectivity index (χ4v) is 1.75. The molecule has 1 aromatic rings. The minimum atomic E-state index is -0.517. The zero-order valence-corrected chi connectivity index (χ0v) is 11.5. The molecule has 0 saturated carbocycles. The van der Waals surface area contributed by atoms with Crippen LogP contribution < -0.4 is 10.6 Å². The van der Waals surface area contributed by atoms with Crippen LogP contribution in [-0.4, -0.2) is 23.9 Å². The van der Waals surface area contributed by atoms with E-state index in [-0.39, 0.29) is 23.2 Å². The quantitative estimate of drug-likeness (QED) is 0.473. The number of benzene rings is 1. The van der Waals surface area contributed by atoms with Gasteiger partial charge in [-0.05, 0) is 18.6 Å². The Kier molecular flexibility index (Phi) is 5.54. The molecule has 6 heteroatoms. The highest BCUT2D eigenvalue weighted by Gasteiger charge is 2.18. The number of anilines is 1. The average Bonchev–Trinajstić information content (AvgIpc) is 2.45. The molecule has 0 bridgehead atoms. The number of nitrogens with zero attached hydrogens (tertiary/aromatic N) is 1. The zero-order valence-electron chi connectivity index (χ0n) is 11.5. The van der Waals surface area contributed by atoms with Gasteiger partial charge >= 0.3 is 0 Å². The Morgan fingerprint density at radius 3 is 2.75 bits per heavy atom. The summed E-state index contributed by atoms with van der Waals surface area (Å²) in [4.78, 5) is 22.1. The van der Waals surface area contributed by atoms with Crippen LogP contribution in [0.1, 0.15) is 30.1 Å². The Morgan fingerprint density at radius 2 is 2.25 bits per heavy atom. The fraction of sp³-hybridized carbons (Fsp3) is 0.357. The van der Waals surface area contributed by atoms with Gasteiger partial charge in [-0.2, -0.15) is 0 Å². The summed E-state index contributed by atoms with van der Waals surface area (Å²) in [6.07, 6.45) is 6.49. The maximum Gasteiger partial charge on any atom is 0.293 e. The topological polar surface area (TPSA) is 84.3 Å². The van der Waals surface area contributed by atoms with E-state index in [2.05, 4.69) is 16.6 Å². The highest BCUT2D eigenvalue weighted by molar-refractivity contribution is 5.95. The normalized spacial score (nSPS) is 11.2. The molecule has 0 radical (unpaired) electrons. The van der Waals surface area contributed by atoms with Crippen LogP contribution in [0.2, 0.25) is 0 Å². The lowest BCUT2D eigenvalue weighted by Gasteiger charge is -2.16. The maximum atomic E-state index is 11.5. The maximum absolute atomic E-state index is 11.5. The van der Waals surface area contributed by atoms with Crippen molar-refractivity contribution in [2.75, 3.05) is 12.4 Å². The Morgan fingerprint density at radius 1 is 1.55 bits per heavy atom. The van der Waals surface area contributed by atoms with Gasteiger partial charge in [-0.3, -0.25) is 14.9 Å². The number of nitrogens with one attached hydrogen (secondary N) is 2. The number of terminal acetylenes is 1. The van der Waals surface area contributed by atoms with E-state index in [1.165, 1.54) is 25.2 Å². The van der Waals surface area contributed by atoms with E-state index in [9.17, 15) is 14.9 Å². The first-order valence-corrected chi connectivity index (χ1v) is 6.24. The minimum absolute atomic E-state index is 0.0375. The van der Waals surface area contributed by atoms with E-state index in [4.69, 9.17) is 6.42 Å². The van der Waals surface area contributed by atoms with Gasteiger partial charge in [0.15, 0.2) is 0 Å². The van der Waals surface area contributed by atoms with Crippen LogP contribution in [0.5, 0.6) is 0 Å². The summed E-state index contributed by atoms with van der Waals surface area (Å²) in [5, 5.41) is 16.6. The van der Waals surface area contributed by atoms with Crippen molar-refractivity contribution >= 4 is 17.3 Å². The Hall–Kier alpha value is -2.55. The SMILES string of the molecule is C#CCC(CC)Nc1ccc(C(=O)NC)cc1[N+](=O)[O-]. The summed E-state index contributed by atoms with van der Waals surface area (Å²) in [5.74, 6) is 2.16. The van der Waals surface area contributed by atoms with Crippen molar-refractivity contribution in [2.45, 2.75) is 25.8 Å². The molecule has 0 fully saturated rings. The standard InChI is InChI=1S/C14H17N3O3/c1-4-6-11(5-2)16-12-8-7-10(14(18)15-3)9-13(12)17(19)20/h1,7-9,11,16H,5-6H2,2-3H3,(H,15,18). The monoisotopic (exact) mass is 275 g/mol. The van der Waals surface area contributed by atoms with Crippen LogP contribution >= 0.6 is 0 Å². The van der Waals surface area contributed by atoms with Gasteiger partial charge in [0.2, 0.25) is 0 Å². The largest absolute Gasteiger partial charge is 0.376 e. The van der Waals surface area contributed by atoms with Crippen LogP contribution in [-0.2, 0) is 0 Å². The van der Waals surface area contributed by atoms with Crippen molar-refractivity contribution in [1.29, 1.82) is 0 Å². The van der Waals surface area contributed by atoms with Crippen molar-refractivity contribution in [3.63, 3.8) is 0 Å². The molecule has 0 saturated heterocycles. The third kappa shape index (κ3) is 3.72. The number of carbonyl (C=O) groups is 1. The molecular weight excluding hydrogens is 258 g/mol. The molecule has 1 unspecified atom stereocenters. The van der Waals surface area contributed by atoms with E-state index < -0.39 is 4.92 Å². The van der Waals surface area contributed by atoms with Gasteiger partial charge in [0.25, 0.3) is 11.6 Å². The smallest absolute Gasteiger partial charge is 0.293 e. The van der Waals surface area contributed by atoms with Gasteiger partial charge in [0.05, 0.1) is 4.92 Å². The third-order valence-corrected chi connectivity index (χ3v) is 2.90. The molecular formula is C14H17N3O3. The highest BCUT2D eigenvalue weighted by Crippen LogP contribution is 2.27. The molecule has 20 heavy (non-hydrogen) atoms. The molecule has 1 amide bonds. The molecule has 0 aliphatic rings. The molecule has 2 N–H and O–H groups in total. The number of nitro groups is 1. The number of carbonyl (C=O) groups excluding carboxylic acids is 1. The van der Waals surface area contributed by atoms with Crippen molar-refractivity contribution in [1.82, 2.24) is 5.32 Å². The second kappa shape index (κ2) is 7.14. The number of amides is 1. The lowest BCUT2D eigenvalue weighted by molar-refractivity contribution is -0.384. The van der Waals surface area contributed by atoms with E-state index in [0.29, 0.717) is 12.1 Å². The second-order valence-corrected chi connectivity index (χ2v) is 4.23. The first kappa shape index (κ1) is 15.5. The average molecular weight is 275 g/mol. The summed E-state index contributed by atoms with van der Waals surface area (Å²) < 4.78 is 0. The summed E-state index contributed by atoms with van der Waals surface area (Å²) in [6, 6.07) is 4.28. The van der Waals surface area contributed by atoms with Crippen LogP contribution in [0.15, 0.2) is 18.2 Å². The van der Waals surface area contributed by atoms with Crippen LogP contribution in [0.4, 0.5) is 11.4 Å². The molecule has 0 spiro atoms. The van der Waals surface area contributed by atoms with Crippen molar-refractivity contribution < 1.29 is 9.72 Å². The number of rotatable bonds is 6. The second-order valence-electron chi connectivity index (χ2n) is 4.23. The molecule has 0 aliphatic carbocycles.